The van der Waals surface area contributed by atoms with Gasteiger partial charge < -0.3 is 20.4 Å². The van der Waals surface area contributed by atoms with E-state index in [0.29, 0.717) is 31.5 Å². The van der Waals surface area contributed by atoms with Crippen molar-refractivity contribution in [2.45, 2.75) is 70.5 Å². The van der Waals surface area contributed by atoms with E-state index in [-0.39, 0.29) is 47.9 Å². The molecule has 1 aromatic carbocycles. The Hall–Kier alpha value is -6.74. The minimum atomic E-state index is -1.01. The average molecular weight is 827 g/mol. The highest BCUT2D eigenvalue weighted by Crippen LogP contribution is 2.37. The van der Waals surface area contributed by atoms with Gasteiger partial charge >= 0.3 is 0 Å². The minimum absolute atomic E-state index is 0.0523. The van der Waals surface area contributed by atoms with Crippen molar-refractivity contribution < 1.29 is 24.0 Å². The number of carbonyl (C=O) groups is 5. The Balaban J connectivity index is 0.785. The SMILES string of the molecule is CC(C)Nc1cc(-c2ccc3cc(C#N)cnn23)ncc1-c1nnc(N2CCC(NC(=O)C3CCN(c4ccc5c(c4)C(=O)N([C@@H]4CCC(=O)NC4=O)C5=O)CC3)CC2)s1. The molecule has 3 saturated heterocycles. The fraction of sp³-hybridized carbons (Fsp3) is 0.381. The van der Waals surface area contributed by atoms with Crippen LogP contribution in [0.5, 0.6) is 0 Å². The van der Waals surface area contributed by atoms with Crippen LogP contribution in [-0.4, -0.2) is 104 Å². The molecule has 0 spiro atoms. The molecule has 9 rings (SSSR count). The zero-order valence-corrected chi connectivity index (χ0v) is 33.9. The Morgan fingerprint density at radius 2 is 1.65 bits per heavy atom. The van der Waals surface area contributed by atoms with Crippen molar-refractivity contribution >= 4 is 62.9 Å². The van der Waals surface area contributed by atoms with Gasteiger partial charge in [-0.2, -0.15) is 10.4 Å². The van der Waals surface area contributed by atoms with Gasteiger partial charge in [-0.25, -0.2) is 4.52 Å². The van der Waals surface area contributed by atoms with Crippen LogP contribution in [0.2, 0.25) is 0 Å². The van der Waals surface area contributed by atoms with E-state index in [0.717, 1.165) is 74.8 Å². The van der Waals surface area contributed by atoms with Crippen LogP contribution < -0.4 is 25.8 Å². The van der Waals surface area contributed by atoms with Gasteiger partial charge in [0.1, 0.15) is 12.1 Å². The first-order valence-corrected chi connectivity index (χ1v) is 21.0. The van der Waals surface area contributed by atoms with Gasteiger partial charge in [0, 0.05) is 68.2 Å². The lowest BCUT2D eigenvalue weighted by atomic mass is 9.94. The summed E-state index contributed by atoms with van der Waals surface area (Å²) in [5.74, 6) is -2.20. The van der Waals surface area contributed by atoms with Gasteiger partial charge in [-0.1, -0.05) is 11.3 Å². The number of piperidine rings is 3. The molecule has 18 heteroatoms. The Morgan fingerprint density at radius 1 is 0.883 bits per heavy atom. The molecule has 4 aromatic heterocycles. The molecule has 60 heavy (non-hydrogen) atoms. The number of nitrogens with zero attached hydrogens (tertiary/aromatic N) is 9. The maximum Gasteiger partial charge on any atom is 0.262 e. The van der Waals surface area contributed by atoms with Crippen LogP contribution in [0.15, 0.2) is 54.9 Å². The normalized spacial score (nSPS) is 18.9. The molecule has 306 valence electrons. The lowest BCUT2D eigenvalue weighted by Crippen LogP contribution is -2.54. The van der Waals surface area contributed by atoms with E-state index in [2.05, 4.69) is 61.0 Å². The van der Waals surface area contributed by atoms with E-state index in [1.807, 2.05) is 24.4 Å². The fourth-order valence-corrected chi connectivity index (χ4v) is 9.41. The van der Waals surface area contributed by atoms with Gasteiger partial charge in [0.2, 0.25) is 22.9 Å². The van der Waals surface area contributed by atoms with Gasteiger partial charge in [0.05, 0.1) is 45.4 Å². The van der Waals surface area contributed by atoms with Crippen LogP contribution in [0.1, 0.15) is 78.7 Å². The number of rotatable bonds is 9. The predicted molar refractivity (Wildman–Crippen MR) is 222 cm³/mol. The zero-order valence-electron chi connectivity index (χ0n) is 33.1. The topological polar surface area (TPSA) is 211 Å². The summed E-state index contributed by atoms with van der Waals surface area (Å²) in [6, 6.07) is 14.1. The molecule has 0 saturated carbocycles. The van der Waals surface area contributed by atoms with Gasteiger partial charge in [-0.3, -0.25) is 39.2 Å². The van der Waals surface area contributed by atoms with Crippen LogP contribution in [0.4, 0.5) is 16.5 Å². The summed E-state index contributed by atoms with van der Waals surface area (Å²) in [5, 5.41) is 33.5. The first kappa shape index (κ1) is 38.8. The smallest absolute Gasteiger partial charge is 0.262 e. The van der Waals surface area contributed by atoms with Crippen molar-refractivity contribution in [2.24, 2.45) is 5.92 Å². The van der Waals surface area contributed by atoms with Crippen molar-refractivity contribution in [1.29, 1.82) is 5.26 Å². The van der Waals surface area contributed by atoms with Gasteiger partial charge in [-0.15, -0.1) is 10.2 Å². The van der Waals surface area contributed by atoms with E-state index >= 15 is 0 Å². The molecule has 4 aliphatic heterocycles. The lowest BCUT2D eigenvalue weighted by Gasteiger charge is -2.35. The van der Waals surface area contributed by atoms with Gasteiger partial charge in [0.25, 0.3) is 11.8 Å². The maximum absolute atomic E-state index is 13.5. The van der Waals surface area contributed by atoms with Crippen molar-refractivity contribution in [3.63, 3.8) is 0 Å². The largest absolute Gasteiger partial charge is 0.382 e. The molecule has 3 N–H and O–H groups in total. The van der Waals surface area contributed by atoms with E-state index in [9.17, 15) is 29.2 Å². The monoisotopic (exact) mass is 826 g/mol. The molecule has 3 fully saturated rings. The third-order valence-corrected chi connectivity index (χ3v) is 12.7. The van der Waals surface area contributed by atoms with Crippen molar-refractivity contribution in [3.8, 4) is 28.0 Å². The molecule has 0 radical (unpaired) electrons. The number of benzene rings is 1. The number of anilines is 3. The Kier molecular flexibility index (Phi) is 10.2. The minimum Gasteiger partial charge on any atom is -0.382 e. The number of pyridine rings is 1. The third kappa shape index (κ3) is 7.29. The fourth-order valence-electron chi connectivity index (χ4n) is 8.49. The van der Waals surface area contributed by atoms with Crippen molar-refractivity contribution in [3.05, 3.63) is 71.5 Å². The zero-order chi connectivity index (χ0) is 41.7. The van der Waals surface area contributed by atoms with Crippen LogP contribution in [-0.2, 0) is 14.4 Å². The highest BCUT2D eigenvalue weighted by atomic mass is 32.1. The number of carbonyl (C=O) groups excluding carboxylic acids is 5. The maximum atomic E-state index is 13.5. The van der Waals surface area contributed by atoms with Gasteiger partial charge in [-0.05, 0) is 88.4 Å². The Labute approximate surface area is 348 Å². The molecule has 4 aliphatic rings. The summed E-state index contributed by atoms with van der Waals surface area (Å²) in [4.78, 5) is 74.1. The number of imide groups is 2. The van der Waals surface area contributed by atoms with Crippen molar-refractivity contribution in [2.75, 3.05) is 41.3 Å². The number of hydrogen-bond acceptors (Lipinski definition) is 14. The van der Waals surface area contributed by atoms with E-state index in [1.165, 1.54) is 11.3 Å². The van der Waals surface area contributed by atoms with Crippen molar-refractivity contribution in [1.82, 2.24) is 40.3 Å². The first-order chi connectivity index (χ1) is 29.0. The third-order valence-electron chi connectivity index (χ3n) is 11.7. The number of fused-ring (bicyclic) bond motifs is 2. The van der Waals surface area contributed by atoms with Crippen LogP contribution in [0.3, 0.4) is 0 Å². The molecule has 5 amide bonds. The first-order valence-electron chi connectivity index (χ1n) is 20.2. The molecule has 0 unspecified atom stereocenters. The highest BCUT2D eigenvalue weighted by Gasteiger charge is 2.45. The summed E-state index contributed by atoms with van der Waals surface area (Å²) >= 11 is 1.51. The van der Waals surface area contributed by atoms with Crippen LogP contribution >= 0.6 is 11.3 Å². The molecule has 8 heterocycles. The number of amides is 5. The summed E-state index contributed by atoms with van der Waals surface area (Å²) in [7, 11) is 0. The van der Waals surface area contributed by atoms with E-state index in [4.69, 9.17) is 4.98 Å². The number of aromatic nitrogens is 5. The average Bonchev–Trinajstić information content (AvgIpc) is 3.97. The molecule has 17 nitrogen and oxygen atoms in total. The van der Waals surface area contributed by atoms with Crippen LogP contribution in [0.25, 0.3) is 27.5 Å². The van der Waals surface area contributed by atoms with Crippen LogP contribution in [0, 0.1) is 17.2 Å². The van der Waals surface area contributed by atoms with E-state index < -0.39 is 29.7 Å². The second kappa shape index (κ2) is 15.8. The molecular weight excluding hydrogens is 785 g/mol. The Bertz CT molecular complexity index is 2600. The summed E-state index contributed by atoms with van der Waals surface area (Å²) in [6.07, 6.45) is 6.39. The lowest BCUT2D eigenvalue weighted by molar-refractivity contribution is -0.136. The summed E-state index contributed by atoms with van der Waals surface area (Å²) in [6.45, 7) is 6.84. The highest BCUT2D eigenvalue weighted by molar-refractivity contribution is 7.18. The molecular formula is C42H42N12O5S. The summed E-state index contributed by atoms with van der Waals surface area (Å²) < 4.78 is 1.77. The quantitative estimate of drug-likeness (QED) is 0.180. The van der Waals surface area contributed by atoms with Gasteiger partial charge in [0.15, 0.2) is 5.01 Å². The Morgan fingerprint density at radius 3 is 2.40 bits per heavy atom. The predicted octanol–water partition coefficient (Wildman–Crippen LogP) is 4.01. The molecule has 1 atom stereocenters. The molecule has 5 aromatic rings. The standard InChI is InChI=1S/C42H42N12O5S/c1-23(2)46-32-19-33(34-6-4-28-17-24(20-43)21-45-54(28)34)44-22-31(32)39-49-50-42(60-39)52-15-11-26(12-16-52)47-37(56)25-9-13-51(14-10-25)27-3-5-29-30(18-27)41(59)53(40(29)58)35-7-8-36(55)48-38(35)57/h3-6,17-19,21-23,25-26,35H,7-16H2,1-2H3,(H,44,46)(H,47,56)(H,48,55,57)/t35-/m1/s1. The molecule has 0 aliphatic carbocycles. The second-order valence-corrected chi connectivity index (χ2v) is 16.9. The number of nitriles is 1. The summed E-state index contributed by atoms with van der Waals surface area (Å²) in [5.41, 5.74) is 5.85. The number of nitrogens with one attached hydrogen (secondary N) is 3. The number of hydrogen-bond donors (Lipinski definition) is 3. The van der Waals surface area contributed by atoms with E-state index in [1.54, 1.807) is 35.0 Å². The molecule has 0 bridgehead atoms. The second-order valence-electron chi connectivity index (χ2n) is 15.9.